The summed E-state index contributed by atoms with van der Waals surface area (Å²) in [5.74, 6) is 0.919. The second-order valence-electron chi connectivity index (χ2n) is 4.19. The molecule has 0 heterocycles. The van der Waals surface area contributed by atoms with Crippen LogP contribution in [0.2, 0.25) is 0 Å². The minimum atomic E-state index is 0.784. The summed E-state index contributed by atoms with van der Waals surface area (Å²) < 4.78 is 5.61. The summed E-state index contributed by atoms with van der Waals surface area (Å²) >= 11 is 0. The molecule has 0 spiro atoms. The molecule has 0 N–H and O–H groups in total. The van der Waals surface area contributed by atoms with Gasteiger partial charge in [-0.3, -0.25) is 0 Å². The molecule has 0 aromatic heterocycles. The van der Waals surface area contributed by atoms with Gasteiger partial charge in [-0.05, 0) is 18.6 Å². The first kappa shape index (κ1) is 13.2. The van der Waals surface area contributed by atoms with Crippen LogP contribution >= 0.6 is 0 Å². The average molecular weight is 216 g/mol. The number of ether oxygens (including phenoxy) is 1. The van der Waals surface area contributed by atoms with Gasteiger partial charge in [0.25, 0.3) is 0 Å². The molecule has 0 aliphatic heterocycles. The van der Waals surface area contributed by atoms with Crippen molar-refractivity contribution in [1.29, 1.82) is 0 Å². The molecule has 1 aromatic rings. The van der Waals surface area contributed by atoms with Crippen molar-refractivity contribution >= 4 is 13.3 Å². The Morgan fingerprint density at radius 3 is 2.25 bits per heavy atom. The minimum absolute atomic E-state index is 0.784. The van der Waals surface area contributed by atoms with Gasteiger partial charge in [0.05, 0.1) is 6.61 Å². The van der Waals surface area contributed by atoms with Crippen molar-refractivity contribution < 1.29 is 4.74 Å². The van der Waals surface area contributed by atoms with Crippen LogP contribution in [0.4, 0.5) is 0 Å². The quantitative estimate of drug-likeness (QED) is 0.478. The van der Waals surface area contributed by atoms with Crippen molar-refractivity contribution in [3.63, 3.8) is 0 Å². The maximum atomic E-state index is 5.61. The molecule has 0 fully saturated rings. The van der Waals surface area contributed by atoms with E-state index in [1.165, 1.54) is 32.1 Å². The largest absolute Gasteiger partial charge is 0.494 e. The Morgan fingerprint density at radius 1 is 0.938 bits per heavy atom. The van der Waals surface area contributed by atoms with Crippen LogP contribution in [-0.2, 0) is 0 Å². The van der Waals surface area contributed by atoms with E-state index in [4.69, 9.17) is 12.6 Å². The zero-order valence-electron chi connectivity index (χ0n) is 10.2. The second-order valence-corrected chi connectivity index (χ2v) is 4.19. The fourth-order valence-corrected chi connectivity index (χ4v) is 1.64. The van der Waals surface area contributed by atoms with Crippen LogP contribution in [0.15, 0.2) is 24.3 Å². The van der Waals surface area contributed by atoms with Crippen LogP contribution < -0.4 is 10.2 Å². The number of benzene rings is 1. The summed E-state index contributed by atoms with van der Waals surface area (Å²) in [5, 5.41) is 0. The Hall–Kier alpha value is -0.915. The highest BCUT2D eigenvalue weighted by Gasteiger charge is 1.93. The lowest BCUT2D eigenvalue weighted by Gasteiger charge is -2.06. The maximum absolute atomic E-state index is 5.61. The van der Waals surface area contributed by atoms with Gasteiger partial charge in [-0.15, -0.1) is 0 Å². The summed E-state index contributed by atoms with van der Waals surface area (Å²) in [6.45, 7) is 3.06. The predicted octanol–water partition coefficient (Wildman–Crippen LogP) is 3.22. The normalized spacial score (nSPS) is 10.3. The third kappa shape index (κ3) is 5.84. The Balaban J connectivity index is 2.01. The lowest BCUT2D eigenvalue weighted by atomic mass is 9.97. The molecule has 1 nitrogen and oxygen atoms in total. The standard InChI is InChI=1S/C14H21BO/c1-2-3-4-5-6-7-12-16-14-10-8-13(15)9-11-14/h8-11H,2-7,12H2,1H3. The highest BCUT2D eigenvalue weighted by molar-refractivity contribution is 6.32. The van der Waals surface area contributed by atoms with Gasteiger partial charge < -0.3 is 4.74 Å². The van der Waals surface area contributed by atoms with Crippen LogP contribution in [0.25, 0.3) is 0 Å². The van der Waals surface area contributed by atoms with Gasteiger partial charge in [-0.25, -0.2) is 0 Å². The first-order valence-corrected chi connectivity index (χ1v) is 6.31. The number of hydrogen-bond acceptors (Lipinski definition) is 1. The molecule has 0 bridgehead atoms. The predicted molar refractivity (Wildman–Crippen MR) is 70.7 cm³/mol. The molecule has 0 atom stereocenters. The summed E-state index contributed by atoms with van der Waals surface area (Å²) in [5.41, 5.74) is 0.784. The third-order valence-electron chi connectivity index (χ3n) is 2.65. The smallest absolute Gasteiger partial charge is 0.119 e. The van der Waals surface area contributed by atoms with Crippen LogP contribution in [-0.4, -0.2) is 14.5 Å². The van der Waals surface area contributed by atoms with Crippen molar-refractivity contribution in [2.45, 2.75) is 45.4 Å². The number of rotatable bonds is 8. The number of hydrogen-bond donors (Lipinski definition) is 0. The Labute approximate surface area is 101 Å². The molecule has 0 aliphatic carbocycles. The van der Waals surface area contributed by atoms with E-state index in [1.54, 1.807) is 0 Å². The first-order chi connectivity index (χ1) is 7.83. The van der Waals surface area contributed by atoms with E-state index in [1.807, 2.05) is 24.3 Å². The molecule has 0 amide bonds. The zero-order chi connectivity index (χ0) is 11.6. The maximum Gasteiger partial charge on any atom is 0.119 e. The van der Waals surface area contributed by atoms with E-state index in [0.29, 0.717) is 0 Å². The molecule has 2 heteroatoms. The van der Waals surface area contributed by atoms with Crippen LogP contribution in [0.1, 0.15) is 45.4 Å². The topological polar surface area (TPSA) is 9.23 Å². The molecule has 86 valence electrons. The lowest BCUT2D eigenvalue weighted by molar-refractivity contribution is 0.304. The summed E-state index contributed by atoms with van der Waals surface area (Å²) in [6.07, 6.45) is 7.78. The summed E-state index contributed by atoms with van der Waals surface area (Å²) in [6, 6.07) is 7.59. The van der Waals surface area contributed by atoms with Crippen molar-refractivity contribution in [2.75, 3.05) is 6.61 Å². The molecule has 1 rings (SSSR count). The number of unbranched alkanes of at least 4 members (excludes halogenated alkanes) is 5. The van der Waals surface area contributed by atoms with Gasteiger partial charge in [-0.2, -0.15) is 0 Å². The van der Waals surface area contributed by atoms with Crippen molar-refractivity contribution in [3.05, 3.63) is 24.3 Å². The SMILES string of the molecule is [B]c1ccc(OCCCCCCCC)cc1. The van der Waals surface area contributed by atoms with E-state index in [-0.39, 0.29) is 0 Å². The van der Waals surface area contributed by atoms with Gasteiger partial charge in [0.15, 0.2) is 0 Å². The lowest BCUT2D eigenvalue weighted by Crippen LogP contribution is -2.02. The highest BCUT2D eigenvalue weighted by atomic mass is 16.5. The molecule has 0 saturated heterocycles. The Morgan fingerprint density at radius 2 is 1.56 bits per heavy atom. The van der Waals surface area contributed by atoms with E-state index < -0.39 is 0 Å². The van der Waals surface area contributed by atoms with Gasteiger partial charge in [0.1, 0.15) is 13.6 Å². The summed E-state index contributed by atoms with van der Waals surface area (Å²) in [7, 11) is 5.59. The molecule has 0 saturated carbocycles. The van der Waals surface area contributed by atoms with E-state index in [0.717, 1.165) is 24.2 Å². The first-order valence-electron chi connectivity index (χ1n) is 6.31. The summed E-state index contributed by atoms with van der Waals surface area (Å²) in [4.78, 5) is 0. The van der Waals surface area contributed by atoms with E-state index in [2.05, 4.69) is 6.92 Å². The van der Waals surface area contributed by atoms with Gasteiger partial charge >= 0.3 is 0 Å². The zero-order valence-corrected chi connectivity index (χ0v) is 10.2. The van der Waals surface area contributed by atoms with E-state index >= 15 is 0 Å². The van der Waals surface area contributed by atoms with Crippen molar-refractivity contribution in [3.8, 4) is 5.75 Å². The molecule has 0 unspecified atom stereocenters. The highest BCUT2D eigenvalue weighted by Crippen LogP contribution is 2.09. The molecule has 2 radical (unpaired) electrons. The Bertz CT molecular complexity index is 269. The van der Waals surface area contributed by atoms with Gasteiger partial charge in [0, 0.05) is 0 Å². The van der Waals surface area contributed by atoms with Crippen molar-refractivity contribution in [1.82, 2.24) is 0 Å². The average Bonchev–Trinajstić information content (AvgIpc) is 2.30. The minimum Gasteiger partial charge on any atom is -0.494 e. The van der Waals surface area contributed by atoms with Crippen LogP contribution in [0.3, 0.4) is 0 Å². The monoisotopic (exact) mass is 216 g/mol. The molecular formula is C14H21BO. The van der Waals surface area contributed by atoms with E-state index in [9.17, 15) is 0 Å². The Kier molecular flexibility index (Phi) is 6.79. The fraction of sp³-hybridized carbons (Fsp3) is 0.571. The van der Waals surface area contributed by atoms with Gasteiger partial charge in [0.2, 0.25) is 0 Å². The van der Waals surface area contributed by atoms with Crippen LogP contribution in [0, 0.1) is 0 Å². The molecule has 1 aromatic carbocycles. The fourth-order valence-electron chi connectivity index (χ4n) is 1.64. The second kappa shape index (κ2) is 8.26. The van der Waals surface area contributed by atoms with Crippen molar-refractivity contribution in [2.24, 2.45) is 0 Å². The third-order valence-corrected chi connectivity index (χ3v) is 2.65. The van der Waals surface area contributed by atoms with Gasteiger partial charge in [-0.1, -0.05) is 56.6 Å². The molecule has 16 heavy (non-hydrogen) atoms. The molecular weight excluding hydrogens is 195 g/mol. The van der Waals surface area contributed by atoms with Crippen LogP contribution in [0.5, 0.6) is 5.75 Å². The molecule has 0 aliphatic rings.